The van der Waals surface area contributed by atoms with Crippen LogP contribution in [0.25, 0.3) is 5.65 Å². The number of benzene rings is 1. The molecule has 150 valence electrons. The number of halogens is 1. The number of nitrogens with two attached hydrogens (primary N) is 1. The molecule has 0 saturated carbocycles. The Morgan fingerprint density at radius 1 is 1.10 bits per heavy atom. The van der Waals surface area contributed by atoms with E-state index in [1.54, 1.807) is 0 Å². The van der Waals surface area contributed by atoms with Crippen molar-refractivity contribution in [2.45, 2.75) is 37.3 Å². The highest BCUT2D eigenvalue weighted by atomic mass is 79.9. The quantitative estimate of drug-likeness (QED) is 0.317. The molecular weight excluding hydrogens is 452 g/mol. The minimum absolute atomic E-state index is 0.257. The Kier molecular flexibility index (Phi) is 5.77. The van der Waals surface area contributed by atoms with E-state index in [0.29, 0.717) is 22.7 Å². The van der Waals surface area contributed by atoms with E-state index in [-0.39, 0.29) is 6.61 Å². The number of imidazole rings is 1. The fraction of sp³-hybridized carbons (Fsp3) is 0.250. The number of nitrogen functional groups attached to an aromatic ring is 1. The third-order valence-corrected chi connectivity index (χ3v) is 5.91. The molecule has 1 aromatic carbocycles. The molecule has 4 aromatic rings. The Labute approximate surface area is 181 Å². The number of rotatable bonds is 7. The fourth-order valence-corrected chi connectivity index (χ4v) is 3.94. The van der Waals surface area contributed by atoms with Crippen LogP contribution < -0.4 is 10.6 Å². The number of pyridine rings is 1. The van der Waals surface area contributed by atoms with Crippen LogP contribution in [0.5, 0.6) is 5.75 Å². The average molecular weight is 473 g/mol. The van der Waals surface area contributed by atoms with Crippen LogP contribution in [0.2, 0.25) is 0 Å². The minimum atomic E-state index is 0.257. The van der Waals surface area contributed by atoms with E-state index < -0.39 is 0 Å². The molecule has 2 N–H and O–H groups in total. The third-order valence-electron chi connectivity index (χ3n) is 4.46. The van der Waals surface area contributed by atoms with Gasteiger partial charge in [-0.25, -0.2) is 9.66 Å². The van der Waals surface area contributed by atoms with Crippen LogP contribution in [0.3, 0.4) is 0 Å². The zero-order valence-corrected chi connectivity index (χ0v) is 18.5. The van der Waals surface area contributed by atoms with Gasteiger partial charge in [0.15, 0.2) is 5.82 Å². The number of ether oxygens (including phenoxy) is 1. The van der Waals surface area contributed by atoms with Crippen LogP contribution in [-0.2, 0) is 12.4 Å². The van der Waals surface area contributed by atoms with Crippen molar-refractivity contribution in [2.75, 3.05) is 5.84 Å². The average Bonchev–Trinajstić information content (AvgIpc) is 3.27. The van der Waals surface area contributed by atoms with Gasteiger partial charge in [-0.15, -0.1) is 10.2 Å². The predicted octanol–water partition coefficient (Wildman–Crippen LogP) is 4.40. The van der Waals surface area contributed by atoms with E-state index >= 15 is 0 Å². The van der Waals surface area contributed by atoms with Crippen LogP contribution in [0.1, 0.15) is 36.8 Å². The van der Waals surface area contributed by atoms with E-state index in [0.717, 1.165) is 21.6 Å². The second-order valence-corrected chi connectivity index (χ2v) is 8.77. The second kappa shape index (κ2) is 8.46. The van der Waals surface area contributed by atoms with Crippen molar-refractivity contribution in [2.24, 2.45) is 0 Å². The number of nitrogens with zero attached hydrogens (tertiary/aromatic N) is 5. The van der Waals surface area contributed by atoms with Gasteiger partial charge < -0.3 is 15.0 Å². The maximum Gasteiger partial charge on any atom is 0.210 e. The smallest absolute Gasteiger partial charge is 0.210 e. The molecule has 0 aliphatic heterocycles. The van der Waals surface area contributed by atoms with Gasteiger partial charge in [-0.05, 0) is 51.7 Å². The summed E-state index contributed by atoms with van der Waals surface area (Å²) in [5.41, 5.74) is 3.12. The summed E-state index contributed by atoms with van der Waals surface area (Å²) >= 11 is 4.96. The summed E-state index contributed by atoms with van der Waals surface area (Å²) in [6, 6.07) is 12.0. The van der Waals surface area contributed by atoms with Crippen molar-refractivity contribution < 1.29 is 4.74 Å². The van der Waals surface area contributed by atoms with Gasteiger partial charge in [-0.3, -0.25) is 0 Å². The predicted molar refractivity (Wildman–Crippen MR) is 117 cm³/mol. The topological polar surface area (TPSA) is 83.3 Å². The molecule has 9 heteroatoms. The molecular formula is C20H21BrN6OS. The first kappa shape index (κ1) is 19.8. The lowest BCUT2D eigenvalue weighted by atomic mass is 10.0. The molecule has 0 unspecified atom stereocenters. The largest absolute Gasteiger partial charge is 0.486 e. The van der Waals surface area contributed by atoms with Gasteiger partial charge in [-0.2, -0.15) is 0 Å². The van der Waals surface area contributed by atoms with E-state index in [1.807, 2.05) is 41.1 Å². The zero-order valence-electron chi connectivity index (χ0n) is 16.1. The van der Waals surface area contributed by atoms with E-state index in [9.17, 15) is 0 Å². The van der Waals surface area contributed by atoms with Gasteiger partial charge >= 0.3 is 0 Å². The molecule has 0 amide bonds. The highest BCUT2D eigenvalue weighted by Crippen LogP contribution is 2.22. The zero-order chi connectivity index (χ0) is 20.4. The lowest BCUT2D eigenvalue weighted by Crippen LogP contribution is -2.15. The molecule has 0 fully saturated rings. The molecule has 0 spiro atoms. The Balaban J connectivity index is 1.37. The van der Waals surface area contributed by atoms with Crippen LogP contribution in [0.15, 0.2) is 58.4 Å². The molecule has 3 aromatic heterocycles. The van der Waals surface area contributed by atoms with Crippen LogP contribution in [-0.4, -0.2) is 24.3 Å². The van der Waals surface area contributed by atoms with Crippen molar-refractivity contribution in [3.05, 3.63) is 70.3 Å². The first-order valence-corrected chi connectivity index (χ1v) is 11.0. The molecule has 0 bridgehead atoms. The number of aromatic nitrogens is 5. The monoisotopic (exact) mass is 472 g/mol. The van der Waals surface area contributed by atoms with Crippen molar-refractivity contribution >= 4 is 33.3 Å². The third kappa shape index (κ3) is 4.56. The summed E-state index contributed by atoms with van der Waals surface area (Å²) in [5.74, 6) is 8.63. The molecule has 3 heterocycles. The van der Waals surface area contributed by atoms with Gasteiger partial charge in [-0.1, -0.05) is 37.7 Å². The van der Waals surface area contributed by atoms with Gasteiger partial charge in [0.25, 0.3) is 0 Å². The summed E-state index contributed by atoms with van der Waals surface area (Å²) in [6.45, 7) is 4.59. The Hall–Kier alpha value is -2.52. The van der Waals surface area contributed by atoms with Crippen LogP contribution in [0.4, 0.5) is 0 Å². The minimum Gasteiger partial charge on any atom is -0.486 e. The van der Waals surface area contributed by atoms with E-state index in [2.05, 4.69) is 57.1 Å². The molecule has 4 rings (SSSR count). The first-order valence-electron chi connectivity index (χ1n) is 9.17. The fourth-order valence-electron chi connectivity index (χ4n) is 2.83. The molecule has 0 aliphatic carbocycles. The molecule has 29 heavy (non-hydrogen) atoms. The second-order valence-electron chi connectivity index (χ2n) is 6.91. The van der Waals surface area contributed by atoms with Crippen molar-refractivity contribution in [3.63, 3.8) is 0 Å². The van der Waals surface area contributed by atoms with Crippen LogP contribution >= 0.6 is 27.7 Å². The SMILES string of the molecule is CC(C)c1ccc(OCc2nnc(SCc3cn4cc(Br)ccc4n3)n2N)cc1. The maximum atomic E-state index is 6.15. The molecule has 0 atom stereocenters. The van der Waals surface area contributed by atoms with Crippen molar-refractivity contribution in [1.29, 1.82) is 0 Å². The summed E-state index contributed by atoms with van der Waals surface area (Å²) in [6.07, 6.45) is 3.97. The van der Waals surface area contributed by atoms with E-state index in [1.165, 1.54) is 22.0 Å². The summed E-state index contributed by atoms with van der Waals surface area (Å²) in [4.78, 5) is 4.60. The standard InChI is InChI=1S/C20H21BrN6OS/c1-13(2)14-3-6-17(7-4-14)28-11-19-24-25-20(27(19)22)29-12-16-10-26-9-15(21)5-8-18(26)23-16/h3-10,13H,11-12,22H2,1-2H3. The summed E-state index contributed by atoms with van der Waals surface area (Å²) in [5, 5.41) is 8.95. The Bertz CT molecular complexity index is 1120. The van der Waals surface area contributed by atoms with Gasteiger partial charge in [0, 0.05) is 22.6 Å². The van der Waals surface area contributed by atoms with Gasteiger partial charge in [0.1, 0.15) is 18.0 Å². The first-order chi connectivity index (χ1) is 14.0. The van der Waals surface area contributed by atoms with Crippen molar-refractivity contribution in [3.8, 4) is 5.75 Å². The normalized spacial score (nSPS) is 11.4. The Morgan fingerprint density at radius 3 is 2.66 bits per heavy atom. The lowest BCUT2D eigenvalue weighted by molar-refractivity contribution is 0.291. The number of hydrogen-bond acceptors (Lipinski definition) is 6. The van der Waals surface area contributed by atoms with Gasteiger partial charge in [0.2, 0.25) is 5.16 Å². The Morgan fingerprint density at radius 2 is 1.90 bits per heavy atom. The van der Waals surface area contributed by atoms with E-state index in [4.69, 9.17) is 10.6 Å². The molecule has 0 aliphatic rings. The highest BCUT2D eigenvalue weighted by molar-refractivity contribution is 9.10. The summed E-state index contributed by atoms with van der Waals surface area (Å²) in [7, 11) is 0. The highest BCUT2D eigenvalue weighted by Gasteiger charge is 2.12. The summed E-state index contributed by atoms with van der Waals surface area (Å²) < 4.78 is 10.3. The number of thioether (sulfide) groups is 1. The van der Waals surface area contributed by atoms with Crippen molar-refractivity contribution in [1.82, 2.24) is 24.3 Å². The van der Waals surface area contributed by atoms with Gasteiger partial charge in [0.05, 0.1) is 5.69 Å². The maximum absolute atomic E-state index is 6.15. The number of fused-ring (bicyclic) bond motifs is 1. The van der Waals surface area contributed by atoms with Crippen LogP contribution in [0, 0.1) is 0 Å². The molecule has 0 radical (unpaired) electrons. The number of hydrogen-bond donors (Lipinski definition) is 1. The molecule has 0 saturated heterocycles. The lowest BCUT2D eigenvalue weighted by Gasteiger charge is -2.08. The molecule has 7 nitrogen and oxygen atoms in total.